The Bertz CT molecular complexity index is 446. The smallest absolute Gasteiger partial charge is 0.226 e. The Hall–Kier alpha value is -2.18. The third-order valence-electron chi connectivity index (χ3n) is 1.90. The van der Waals surface area contributed by atoms with Gasteiger partial charge in [0.05, 0.1) is 13.2 Å². The van der Waals surface area contributed by atoms with Crippen LogP contribution < -0.4 is 10.1 Å². The molecule has 7 nitrogen and oxygen atoms in total. The Morgan fingerprint density at radius 2 is 2.35 bits per heavy atom. The van der Waals surface area contributed by atoms with Crippen molar-refractivity contribution < 1.29 is 9.26 Å². The van der Waals surface area contributed by atoms with E-state index in [4.69, 9.17) is 4.74 Å². The van der Waals surface area contributed by atoms with E-state index in [0.29, 0.717) is 30.8 Å². The van der Waals surface area contributed by atoms with Gasteiger partial charge < -0.3 is 14.6 Å². The maximum atomic E-state index is 5.39. The molecule has 0 aromatic carbocycles. The predicted molar refractivity (Wildman–Crippen MR) is 59.4 cm³/mol. The van der Waals surface area contributed by atoms with E-state index in [1.165, 1.54) is 6.39 Å². The molecule has 90 valence electrons. The number of anilines is 1. The van der Waals surface area contributed by atoms with E-state index >= 15 is 0 Å². The molecule has 1 N–H and O–H groups in total. The molecule has 0 saturated heterocycles. The van der Waals surface area contributed by atoms with Gasteiger partial charge in [-0.25, -0.2) is 4.98 Å². The molecule has 0 bridgehead atoms. The molecule has 2 rings (SSSR count). The summed E-state index contributed by atoms with van der Waals surface area (Å²) in [4.78, 5) is 12.1. The van der Waals surface area contributed by atoms with Gasteiger partial charge in [0.15, 0.2) is 5.82 Å². The maximum Gasteiger partial charge on any atom is 0.226 e. The zero-order chi connectivity index (χ0) is 11.9. The molecule has 17 heavy (non-hydrogen) atoms. The monoisotopic (exact) mass is 235 g/mol. The highest BCUT2D eigenvalue weighted by Crippen LogP contribution is 2.09. The summed E-state index contributed by atoms with van der Waals surface area (Å²) in [5.74, 6) is 1.58. The van der Waals surface area contributed by atoms with Crippen molar-refractivity contribution in [3.05, 3.63) is 24.5 Å². The van der Waals surface area contributed by atoms with Crippen LogP contribution in [-0.2, 0) is 6.54 Å². The van der Waals surface area contributed by atoms with Crippen LogP contribution in [0.5, 0.6) is 5.88 Å². The highest BCUT2D eigenvalue weighted by molar-refractivity contribution is 5.27. The van der Waals surface area contributed by atoms with E-state index in [9.17, 15) is 0 Å². The molecule has 0 fully saturated rings. The zero-order valence-corrected chi connectivity index (χ0v) is 9.46. The van der Waals surface area contributed by atoms with Gasteiger partial charge in [-0.05, 0) is 6.42 Å². The molecular weight excluding hydrogens is 222 g/mol. The van der Waals surface area contributed by atoms with Crippen molar-refractivity contribution in [1.82, 2.24) is 20.1 Å². The molecule has 0 atom stereocenters. The lowest BCUT2D eigenvalue weighted by atomic mass is 10.5. The molecule has 2 heterocycles. The summed E-state index contributed by atoms with van der Waals surface area (Å²) in [6.07, 6.45) is 3.85. The molecule has 7 heteroatoms. The maximum absolute atomic E-state index is 5.39. The highest BCUT2D eigenvalue weighted by atomic mass is 16.5. The molecule has 0 aliphatic heterocycles. The fourth-order valence-electron chi connectivity index (χ4n) is 1.14. The Balaban J connectivity index is 1.91. The number of ether oxygens (including phenoxy) is 1. The molecule has 0 aliphatic carbocycles. The first-order chi connectivity index (χ1) is 8.38. The van der Waals surface area contributed by atoms with Crippen LogP contribution in [0.15, 0.2) is 23.2 Å². The molecule has 2 aromatic rings. The van der Waals surface area contributed by atoms with Crippen LogP contribution in [0.25, 0.3) is 0 Å². The summed E-state index contributed by atoms with van der Waals surface area (Å²) in [5, 5.41) is 6.64. The third-order valence-corrected chi connectivity index (χ3v) is 1.90. The van der Waals surface area contributed by atoms with Crippen LogP contribution in [0.1, 0.15) is 19.2 Å². The number of nitrogens with zero attached hydrogens (tertiary/aromatic N) is 4. The molecule has 0 saturated carbocycles. The number of nitrogens with one attached hydrogen (secondary N) is 1. The van der Waals surface area contributed by atoms with Gasteiger partial charge in [-0.1, -0.05) is 12.1 Å². The minimum Gasteiger partial charge on any atom is -0.478 e. The van der Waals surface area contributed by atoms with Crippen LogP contribution in [0.2, 0.25) is 0 Å². The highest BCUT2D eigenvalue weighted by Gasteiger charge is 2.02. The van der Waals surface area contributed by atoms with Crippen LogP contribution >= 0.6 is 0 Å². The Morgan fingerprint density at radius 1 is 1.41 bits per heavy atom. The van der Waals surface area contributed by atoms with E-state index in [1.807, 2.05) is 6.92 Å². The van der Waals surface area contributed by atoms with Gasteiger partial charge in [0.1, 0.15) is 0 Å². The summed E-state index contributed by atoms with van der Waals surface area (Å²) < 4.78 is 10.0. The van der Waals surface area contributed by atoms with Crippen LogP contribution in [0.3, 0.4) is 0 Å². The Morgan fingerprint density at radius 3 is 3.12 bits per heavy atom. The first-order valence-electron chi connectivity index (χ1n) is 5.33. The second-order valence-corrected chi connectivity index (χ2v) is 3.27. The van der Waals surface area contributed by atoms with Crippen molar-refractivity contribution in [3.8, 4) is 5.88 Å². The first kappa shape index (κ1) is 11.3. The predicted octanol–water partition coefficient (Wildman–Crippen LogP) is 1.26. The molecule has 0 spiro atoms. The summed E-state index contributed by atoms with van der Waals surface area (Å²) in [5.41, 5.74) is 0. The van der Waals surface area contributed by atoms with Crippen molar-refractivity contribution in [3.63, 3.8) is 0 Å². The quantitative estimate of drug-likeness (QED) is 0.806. The number of rotatable bonds is 6. The summed E-state index contributed by atoms with van der Waals surface area (Å²) in [6, 6.07) is 1.72. The molecule has 0 amide bonds. The van der Waals surface area contributed by atoms with Crippen molar-refractivity contribution in [2.45, 2.75) is 19.9 Å². The minimum atomic E-state index is 0.410. The second kappa shape index (κ2) is 5.78. The summed E-state index contributed by atoms with van der Waals surface area (Å²) in [6.45, 7) is 3.09. The van der Waals surface area contributed by atoms with E-state index in [-0.39, 0.29) is 0 Å². The topological polar surface area (TPSA) is 86.0 Å². The van der Waals surface area contributed by atoms with Crippen molar-refractivity contribution >= 4 is 5.95 Å². The largest absolute Gasteiger partial charge is 0.478 e. The fraction of sp³-hybridized carbons (Fsp3) is 0.400. The molecule has 2 aromatic heterocycles. The average Bonchev–Trinajstić information content (AvgIpc) is 2.87. The lowest BCUT2D eigenvalue weighted by Crippen LogP contribution is -2.06. The van der Waals surface area contributed by atoms with Crippen molar-refractivity contribution in [2.75, 3.05) is 11.9 Å². The van der Waals surface area contributed by atoms with Gasteiger partial charge in [0.25, 0.3) is 0 Å². The summed E-state index contributed by atoms with van der Waals surface area (Å²) >= 11 is 0. The van der Waals surface area contributed by atoms with Gasteiger partial charge in [0.2, 0.25) is 18.2 Å². The van der Waals surface area contributed by atoms with Gasteiger partial charge >= 0.3 is 0 Å². The van der Waals surface area contributed by atoms with Gasteiger partial charge in [0, 0.05) is 12.3 Å². The second-order valence-electron chi connectivity index (χ2n) is 3.27. The third kappa shape index (κ3) is 3.40. The minimum absolute atomic E-state index is 0.410. The van der Waals surface area contributed by atoms with Crippen molar-refractivity contribution in [2.24, 2.45) is 0 Å². The Labute approximate surface area is 98.2 Å². The standard InChI is InChI=1S/C10H13N5O2/c1-2-5-16-9-3-4-11-10(14-9)12-6-8-13-7-17-15-8/h3-4,7H,2,5-6H2,1H3,(H,11,12,14). The van der Waals surface area contributed by atoms with Gasteiger partial charge in [-0.15, -0.1) is 0 Å². The number of hydrogen-bond acceptors (Lipinski definition) is 7. The molecule has 0 aliphatic rings. The zero-order valence-electron chi connectivity index (χ0n) is 9.46. The van der Waals surface area contributed by atoms with E-state index < -0.39 is 0 Å². The van der Waals surface area contributed by atoms with Crippen LogP contribution in [-0.4, -0.2) is 26.7 Å². The summed E-state index contributed by atoms with van der Waals surface area (Å²) in [7, 11) is 0. The van der Waals surface area contributed by atoms with Crippen LogP contribution in [0.4, 0.5) is 5.95 Å². The number of hydrogen-bond donors (Lipinski definition) is 1. The van der Waals surface area contributed by atoms with E-state index in [1.54, 1.807) is 12.3 Å². The average molecular weight is 235 g/mol. The lowest BCUT2D eigenvalue weighted by Gasteiger charge is -2.05. The molecule has 0 unspecified atom stereocenters. The molecular formula is C10H13N5O2. The van der Waals surface area contributed by atoms with Crippen molar-refractivity contribution in [1.29, 1.82) is 0 Å². The SMILES string of the molecule is CCCOc1ccnc(NCc2ncon2)n1. The number of aromatic nitrogens is 4. The fourth-order valence-corrected chi connectivity index (χ4v) is 1.14. The molecule has 0 radical (unpaired) electrons. The lowest BCUT2D eigenvalue weighted by molar-refractivity contribution is 0.305. The Kier molecular flexibility index (Phi) is 3.85. The first-order valence-corrected chi connectivity index (χ1v) is 5.33. The van der Waals surface area contributed by atoms with Gasteiger partial charge in [-0.2, -0.15) is 9.97 Å². The van der Waals surface area contributed by atoms with Gasteiger partial charge in [-0.3, -0.25) is 0 Å². The van der Waals surface area contributed by atoms with E-state index in [2.05, 4.69) is 29.9 Å². The van der Waals surface area contributed by atoms with E-state index in [0.717, 1.165) is 6.42 Å². The normalized spacial score (nSPS) is 10.2. The van der Waals surface area contributed by atoms with Crippen LogP contribution in [0, 0.1) is 0 Å².